The zero-order chi connectivity index (χ0) is 22.8. The van der Waals surface area contributed by atoms with Crippen molar-refractivity contribution in [1.29, 1.82) is 0 Å². The number of anilines is 1. The zero-order valence-electron chi connectivity index (χ0n) is 15.8. The van der Waals surface area contributed by atoms with Gasteiger partial charge in [-0.15, -0.1) is 0 Å². The lowest BCUT2D eigenvalue weighted by molar-refractivity contribution is -0.384. The summed E-state index contributed by atoms with van der Waals surface area (Å²) in [5.41, 5.74) is -0.263. The lowest BCUT2D eigenvalue weighted by Gasteiger charge is -2.23. The second-order valence-electron chi connectivity index (χ2n) is 6.12. The Bertz CT molecular complexity index is 1240. The van der Waals surface area contributed by atoms with E-state index in [9.17, 15) is 23.3 Å². The summed E-state index contributed by atoms with van der Waals surface area (Å²) < 4.78 is 38.6. The predicted molar refractivity (Wildman–Crippen MR) is 116 cm³/mol. The molecule has 0 bridgehead atoms. The molecule has 0 radical (unpaired) electrons. The first-order valence-corrected chi connectivity index (χ1v) is 11.1. The molecule has 0 atom stereocenters. The second kappa shape index (κ2) is 9.08. The number of ether oxygens (including phenoxy) is 1. The minimum absolute atomic E-state index is 0.0900. The molecule has 1 aromatic heterocycles. The normalized spacial score (nSPS) is 11.2. The van der Waals surface area contributed by atoms with Crippen LogP contribution >= 0.6 is 27.5 Å². The molecule has 162 valence electrons. The monoisotopic (exact) mass is 528 g/mol. The van der Waals surface area contributed by atoms with Crippen LogP contribution in [0.4, 0.5) is 11.4 Å². The average Bonchev–Trinajstić information content (AvgIpc) is 3.21. The number of nitrogens with zero attached hydrogens (tertiary/aromatic N) is 2. The number of esters is 1. The van der Waals surface area contributed by atoms with E-state index >= 15 is 0 Å². The molecule has 0 amide bonds. The van der Waals surface area contributed by atoms with Gasteiger partial charge >= 0.3 is 5.97 Å². The topological polar surface area (TPSA) is 120 Å². The first-order valence-electron chi connectivity index (χ1n) is 8.52. The molecule has 31 heavy (non-hydrogen) atoms. The number of benzene rings is 2. The number of furan rings is 1. The van der Waals surface area contributed by atoms with Crippen LogP contribution in [0.3, 0.4) is 0 Å². The number of sulfonamides is 1. The van der Waals surface area contributed by atoms with E-state index in [0.717, 1.165) is 20.9 Å². The molecule has 0 aliphatic heterocycles. The van der Waals surface area contributed by atoms with E-state index in [-0.39, 0.29) is 33.7 Å². The molecule has 0 saturated heterocycles. The van der Waals surface area contributed by atoms with Gasteiger partial charge in [0.2, 0.25) is 5.76 Å². The highest BCUT2D eigenvalue weighted by atomic mass is 79.9. The average molecular weight is 530 g/mol. The number of nitro benzene ring substituents is 1. The number of carbonyl (C=O) groups excluding carboxylic acids is 1. The van der Waals surface area contributed by atoms with Gasteiger partial charge in [0.25, 0.3) is 15.7 Å². The molecule has 0 saturated carbocycles. The van der Waals surface area contributed by atoms with Gasteiger partial charge in [-0.25, -0.2) is 13.2 Å². The van der Waals surface area contributed by atoms with Gasteiger partial charge in [-0.3, -0.25) is 14.4 Å². The predicted octanol–water partition coefficient (Wildman–Crippen LogP) is 4.79. The highest BCUT2D eigenvalue weighted by Gasteiger charge is 2.29. The molecule has 0 fully saturated rings. The van der Waals surface area contributed by atoms with E-state index in [2.05, 4.69) is 20.7 Å². The largest absolute Gasteiger partial charge is 0.463 e. The van der Waals surface area contributed by atoms with E-state index in [4.69, 9.17) is 16.0 Å². The summed E-state index contributed by atoms with van der Waals surface area (Å²) in [4.78, 5) is 21.8. The van der Waals surface area contributed by atoms with Gasteiger partial charge < -0.3 is 9.15 Å². The molecule has 2 aromatic carbocycles. The molecule has 3 aromatic rings. The Morgan fingerprint density at radius 1 is 1.19 bits per heavy atom. The summed E-state index contributed by atoms with van der Waals surface area (Å²) in [5.74, 6) is -0.638. The Hall–Kier alpha value is -2.89. The van der Waals surface area contributed by atoms with Crippen LogP contribution in [0.5, 0.6) is 0 Å². The Morgan fingerprint density at radius 3 is 2.48 bits per heavy atom. The second-order valence-corrected chi connectivity index (χ2v) is 9.30. The van der Waals surface area contributed by atoms with Crippen LogP contribution in [0.15, 0.2) is 68.4 Å². The van der Waals surface area contributed by atoms with Crippen LogP contribution in [0.1, 0.15) is 16.3 Å². The minimum Gasteiger partial charge on any atom is -0.463 e. The van der Waals surface area contributed by atoms with Crippen molar-refractivity contribution >= 4 is 54.9 Å². The zero-order valence-corrected chi connectivity index (χ0v) is 19.0. The Balaban J connectivity index is 2.08. The number of halogens is 2. The number of nitro groups is 1. The molecule has 0 N–H and O–H groups in total. The summed E-state index contributed by atoms with van der Waals surface area (Å²) >= 11 is 9.11. The van der Waals surface area contributed by atoms with Gasteiger partial charge in [0.15, 0.2) is 0 Å². The number of carbonyl (C=O) groups is 1. The third-order valence-corrected chi connectivity index (χ3v) is 6.78. The van der Waals surface area contributed by atoms with Crippen LogP contribution in [0.2, 0.25) is 5.02 Å². The van der Waals surface area contributed by atoms with Crippen molar-refractivity contribution in [1.82, 2.24) is 0 Å². The summed E-state index contributed by atoms with van der Waals surface area (Å²) in [6.07, 6.45) is 0. The first-order chi connectivity index (χ1) is 14.6. The maximum Gasteiger partial charge on any atom is 0.373 e. The highest BCUT2D eigenvalue weighted by Crippen LogP contribution is 2.32. The van der Waals surface area contributed by atoms with Crippen molar-refractivity contribution in [2.24, 2.45) is 0 Å². The van der Waals surface area contributed by atoms with E-state index in [1.54, 1.807) is 24.3 Å². The molecule has 0 aliphatic carbocycles. The lowest BCUT2D eigenvalue weighted by Crippen LogP contribution is -2.30. The number of rotatable bonds is 7. The van der Waals surface area contributed by atoms with Crippen molar-refractivity contribution in [3.63, 3.8) is 0 Å². The summed E-state index contributed by atoms with van der Waals surface area (Å²) in [6, 6.07) is 12.4. The standard InChI is InChI=1S/C19H14BrClN2O7S/c1-29-19(24)18-9-6-14(30-18)11-22(13-4-2-12(20)3-5-13)31(27,28)15-7-8-16(21)17(10-15)23(25)26/h2-10H,11H2,1H3. The number of methoxy groups -OCH3 is 1. The number of hydrogen-bond donors (Lipinski definition) is 0. The fourth-order valence-electron chi connectivity index (χ4n) is 2.66. The Labute approximate surface area is 190 Å². The number of hydrogen-bond acceptors (Lipinski definition) is 7. The molecule has 0 aliphatic rings. The Kier molecular flexibility index (Phi) is 6.68. The lowest BCUT2D eigenvalue weighted by atomic mass is 10.3. The third kappa shape index (κ3) is 4.89. The quantitative estimate of drug-likeness (QED) is 0.245. The SMILES string of the molecule is COC(=O)c1ccc(CN(c2ccc(Br)cc2)S(=O)(=O)c2ccc(Cl)c([N+](=O)[O-])c2)o1. The maximum absolute atomic E-state index is 13.4. The van der Waals surface area contributed by atoms with Crippen LogP contribution < -0.4 is 4.31 Å². The van der Waals surface area contributed by atoms with Crippen molar-refractivity contribution in [3.8, 4) is 0 Å². The molecule has 0 unspecified atom stereocenters. The van der Waals surface area contributed by atoms with Crippen molar-refractivity contribution in [2.45, 2.75) is 11.4 Å². The van der Waals surface area contributed by atoms with Gasteiger partial charge in [-0.2, -0.15) is 0 Å². The van der Waals surface area contributed by atoms with Crippen molar-refractivity contribution < 1.29 is 27.3 Å². The minimum atomic E-state index is -4.28. The van der Waals surface area contributed by atoms with Crippen LogP contribution in [-0.2, 0) is 21.3 Å². The van der Waals surface area contributed by atoms with Gasteiger partial charge in [0.05, 0.1) is 29.2 Å². The smallest absolute Gasteiger partial charge is 0.373 e. The molecule has 3 rings (SSSR count). The van der Waals surface area contributed by atoms with Crippen LogP contribution in [0.25, 0.3) is 0 Å². The van der Waals surface area contributed by atoms with E-state index in [1.165, 1.54) is 25.3 Å². The highest BCUT2D eigenvalue weighted by molar-refractivity contribution is 9.10. The molecule has 12 heteroatoms. The summed E-state index contributed by atoms with van der Waals surface area (Å²) in [5, 5.41) is 11.0. The fourth-order valence-corrected chi connectivity index (χ4v) is 4.56. The third-order valence-electron chi connectivity index (χ3n) is 4.16. The Morgan fingerprint density at radius 2 is 1.87 bits per heavy atom. The van der Waals surface area contributed by atoms with Crippen molar-refractivity contribution in [3.05, 3.63) is 85.7 Å². The summed E-state index contributed by atoms with van der Waals surface area (Å²) in [6.45, 7) is -0.280. The van der Waals surface area contributed by atoms with E-state index < -0.39 is 26.6 Å². The molecule has 0 spiro atoms. The van der Waals surface area contributed by atoms with Gasteiger partial charge in [-0.05, 0) is 48.5 Å². The first kappa shape index (κ1) is 22.8. The van der Waals surface area contributed by atoms with Crippen molar-refractivity contribution in [2.75, 3.05) is 11.4 Å². The van der Waals surface area contributed by atoms with E-state index in [0.29, 0.717) is 0 Å². The molecule has 9 nitrogen and oxygen atoms in total. The van der Waals surface area contributed by atoms with Gasteiger partial charge in [-0.1, -0.05) is 27.5 Å². The van der Waals surface area contributed by atoms with Gasteiger partial charge in [0, 0.05) is 10.5 Å². The van der Waals surface area contributed by atoms with Gasteiger partial charge in [0.1, 0.15) is 10.8 Å². The van der Waals surface area contributed by atoms with Crippen LogP contribution in [-0.4, -0.2) is 26.4 Å². The maximum atomic E-state index is 13.4. The fraction of sp³-hybridized carbons (Fsp3) is 0.105. The molecule has 1 heterocycles. The molecular formula is C19H14BrClN2O7S. The molecular weight excluding hydrogens is 516 g/mol. The van der Waals surface area contributed by atoms with Crippen LogP contribution in [0, 0.1) is 10.1 Å². The van der Waals surface area contributed by atoms with E-state index in [1.807, 2.05) is 0 Å². The summed E-state index contributed by atoms with van der Waals surface area (Å²) in [7, 11) is -3.08.